The van der Waals surface area contributed by atoms with Crippen LogP contribution in [0.1, 0.15) is 32.1 Å². The average Bonchev–Trinajstić information content (AvgIpc) is 3.01. The molecule has 20 heavy (non-hydrogen) atoms. The first-order valence-electron chi connectivity index (χ1n) is 6.73. The van der Waals surface area contributed by atoms with Crippen LogP contribution in [-0.2, 0) is 0 Å². The number of anilines is 1. The van der Waals surface area contributed by atoms with Crippen LogP contribution in [0.15, 0.2) is 12.7 Å². The highest BCUT2D eigenvalue weighted by Crippen LogP contribution is 2.24. The Hall–Kier alpha value is -1.76. The Balaban J connectivity index is 1.89. The third kappa shape index (κ3) is 2.72. The molecule has 1 fully saturated rings. The second-order valence-electron chi connectivity index (χ2n) is 4.95. The Bertz CT molecular complexity index is 565. The van der Waals surface area contributed by atoms with Crippen molar-refractivity contribution < 1.29 is 0 Å². The van der Waals surface area contributed by atoms with Crippen LogP contribution in [0.4, 0.5) is 5.95 Å². The highest BCUT2D eigenvalue weighted by atomic mass is 35.5. The van der Waals surface area contributed by atoms with Crippen LogP contribution in [0.3, 0.4) is 0 Å². The number of nitrogens with zero attached hydrogens (tertiary/aromatic N) is 7. The van der Waals surface area contributed by atoms with Crippen LogP contribution in [0, 0.1) is 0 Å². The van der Waals surface area contributed by atoms with E-state index in [2.05, 4.69) is 29.9 Å². The second-order valence-corrected chi connectivity index (χ2v) is 5.29. The number of hydrogen-bond donors (Lipinski definition) is 0. The largest absolute Gasteiger partial charge is 0.341 e. The molecule has 3 rings (SSSR count). The van der Waals surface area contributed by atoms with Gasteiger partial charge < -0.3 is 4.90 Å². The highest BCUT2D eigenvalue weighted by Gasteiger charge is 2.21. The Labute approximate surface area is 122 Å². The molecule has 0 saturated heterocycles. The Morgan fingerprint density at radius 3 is 2.70 bits per heavy atom. The summed E-state index contributed by atoms with van der Waals surface area (Å²) in [6.45, 7) is 0. The van der Waals surface area contributed by atoms with Gasteiger partial charge in [-0.2, -0.15) is 24.7 Å². The first-order valence-corrected chi connectivity index (χ1v) is 7.11. The summed E-state index contributed by atoms with van der Waals surface area (Å²) in [7, 11) is 2.01. The molecule has 0 spiro atoms. The second kappa shape index (κ2) is 5.70. The molecular weight excluding hydrogens is 278 g/mol. The summed E-state index contributed by atoms with van der Waals surface area (Å²) in [5.74, 6) is 0.975. The third-order valence-electron chi connectivity index (χ3n) is 3.65. The van der Waals surface area contributed by atoms with Gasteiger partial charge in [-0.1, -0.05) is 19.3 Å². The summed E-state index contributed by atoms with van der Waals surface area (Å²) in [6.07, 6.45) is 9.12. The molecule has 0 aromatic carbocycles. The lowest BCUT2D eigenvalue weighted by molar-refractivity contribution is 0.423. The standard InChI is InChI=1S/C12H16ClN7/c1-19(9-5-3-2-4-6-9)11-16-10(13)17-12(18-11)20-8-14-7-15-20/h7-9H,2-6H2,1H3. The number of rotatable bonds is 3. The molecule has 0 amide bonds. The van der Waals surface area contributed by atoms with Gasteiger partial charge in [-0.25, -0.2) is 4.98 Å². The summed E-state index contributed by atoms with van der Waals surface area (Å²) < 4.78 is 1.48. The van der Waals surface area contributed by atoms with E-state index in [-0.39, 0.29) is 5.28 Å². The fraction of sp³-hybridized carbons (Fsp3) is 0.583. The molecule has 2 aromatic heterocycles. The third-order valence-corrected chi connectivity index (χ3v) is 3.82. The molecule has 106 valence electrons. The van der Waals surface area contributed by atoms with Crippen molar-refractivity contribution in [2.45, 2.75) is 38.1 Å². The van der Waals surface area contributed by atoms with E-state index >= 15 is 0 Å². The lowest BCUT2D eigenvalue weighted by Crippen LogP contribution is -2.35. The van der Waals surface area contributed by atoms with E-state index < -0.39 is 0 Å². The fourth-order valence-electron chi connectivity index (χ4n) is 2.53. The number of hydrogen-bond acceptors (Lipinski definition) is 6. The maximum atomic E-state index is 6.00. The van der Waals surface area contributed by atoms with Gasteiger partial charge in [0.25, 0.3) is 5.95 Å². The molecule has 1 saturated carbocycles. The van der Waals surface area contributed by atoms with E-state index in [1.807, 2.05) is 7.05 Å². The van der Waals surface area contributed by atoms with E-state index in [4.69, 9.17) is 11.6 Å². The van der Waals surface area contributed by atoms with Crippen molar-refractivity contribution in [1.82, 2.24) is 29.7 Å². The molecular formula is C12H16ClN7. The van der Waals surface area contributed by atoms with Crippen molar-refractivity contribution in [3.8, 4) is 5.95 Å². The van der Waals surface area contributed by atoms with Crippen molar-refractivity contribution >= 4 is 17.5 Å². The van der Waals surface area contributed by atoms with E-state index in [0.717, 1.165) is 0 Å². The Morgan fingerprint density at radius 2 is 2.00 bits per heavy atom. The molecule has 0 atom stereocenters. The minimum Gasteiger partial charge on any atom is -0.341 e. The quantitative estimate of drug-likeness (QED) is 0.860. The van der Waals surface area contributed by atoms with Crippen LogP contribution in [0.25, 0.3) is 5.95 Å². The highest BCUT2D eigenvalue weighted by molar-refractivity contribution is 6.28. The first kappa shape index (κ1) is 13.2. The molecule has 0 aliphatic heterocycles. The van der Waals surface area contributed by atoms with E-state index in [9.17, 15) is 0 Å². The minimum absolute atomic E-state index is 0.170. The van der Waals surface area contributed by atoms with Crippen molar-refractivity contribution in [2.24, 2.45) is 0 Å². The normalized spacial score (nSPS) is 16.3. The van der Waals surface area contributed by atoms with Gasteiger partial charge >= 0.3 is 0 Å². The lowest BCUT2D eigenvalue weighted by Gasteiger charge is -2.31. The van der Waals surface area contributed by atoms with E-state index in [1.54, 1.807) is 0 Å². The van der Waals surface area contributed by atoms with Crippen molar-refractivity contribution in [3.63, 3.8) is 0 Å². The van der Waals surface area contributed by atoms with Crippen LogP contribution >= 0.6 is 11.6 Å². The minimum atomic E-state index is 0.170. The predicted molar refractivity (Wildman–Crippen MR) is 75.0 cm³/mol. The van der Waals surface area contributed by atoms with Gasteiger partial charge in [-0.3, -0.25) is 0 Å². The zero-order chi connectivity index (χ0) is 13.9. The first-order chi connectivity index (χ1) is 9.74. The molecule has 2 heterocycles. The molecule has 1 aliphatic carbocycles. The monoisotopic (exact) mass is 293 g/mol. The molecule has 0 bridgehead atoms. The maximum Gasteiger partial charge on any atom is 0.258 e. The zero-order valence-electron chi connectivity index (χ0n) is 11.3. The molecule has 2 aromatic rings. The smallest absolute Gasteiger partial charge is 0.258 e. The number of aromatic nitrogens is 6. The summed E-state index contributed by atoms with van der Waals surface area (Å²) in [5.41, 5.74) is 0. The molecule has 8 heteroatoms. The average molecular weight is 294 g/mol. The SMILES string of the molecule is CN(c1nc(Cl)nc(-n2cncn2)n1)C1CCCCC1. The van der Waals surface area contributed by atoms with Gasteiger partial charge in [0.05, 0.1) is 0 Å². The van der Waals surface area contributed by atoms with E-state index in [1.165, 1.54) is 49.4 Å². The molecule has 0 radical (unpaired) electrons. The van der Waals surface area contributed by atoms with Crippen LogP contribution in [0.2, 0.25) is 5.28 Å². The van der Waals surface area contributed by atoms with Crippen molar-refractivity contribution in [1.29, 1.82) is 0 Å². The Morgan fingerprint density at radius 1 is 1.20 bits per heavy atom. The molecule has 0 N–H and O–H groups in total. The molecule has 7 nitrogen and oxygen atoms in total. The van der Waals surface area contributed by atoms with Crippen molar-refractivity contribution in [3.05, 3.63) is 17.9 Å². The summed E-state index contributed by atoms with van der Waals surface area (Å²) >= 11 is 6.00. The summed E-state index contributed by atoms with van der Waals surface area (Å²) in [6, 6.07) is 0.464. The van der Waals surface area contributed by atoms with Gasteiger partial charge in [-0.05, 0) is 24.4 Å². The Kier molecular flexibility index (Phi) is 3.77. The summed E-state index contributed by atoms with van der Waals surface area (Å²) in [4.78, 5) is 18.7. The van der Waals surface area contributed by atoms with Crippen LogP contribution in [-0.4, -0.2) is 42.8 Å². The van der Waals surface area contributed by atoms with Crippen LogP contribution in [0.5, 0.6) is 0 Å². The van der Waals surface area contributed by atoms with Gasteiger partial charge in [0.15, 0.2) is 0 Å². The van der Waals surface area contributed by atoms with Gasteiger partial charge in [0.2, 0.25) is 11.2 Å². The maximum absolute atomic E-state index is 6.00. The molecule has 1 aliphatic rings. The topological polar surface area (TPSA) is 72.6 Å². The predicted octanol–water partition coefficient (Wildman–Crippen LogP) is 1.87. The summed E-state index contributed by atoms with van der Waals surface area (Å²) in [5, 5.41) is 4.19. The lowest BCUT2D eigenvalue weighted by atomic mass is 9.95. The van der Waals surface area contributed by atoms with Crippen LogP contribution < -0.4 is 4.90 Å². The van der Waals surface area contributed by atoms with Gasteiger partial charge in [-0.15, -0.1) is 0 Å². The zero-order valence-corrected chi connectivity index (χ0v) is 12.0. The van der Waals surface area contributed by atoms with Gasteiger partial charge in [0.1, 0.15) is 12.7 Å². The van der Waals surface area contributed by atoms with Gasteiger partial charge in [0, 0.05) is 13.1 Å². The number of halogens is 1. The van der Waals surface area contributed by atoms with Crippen molar-refractivity contribution in [2.75, 3.05) is 11.9 Å². The fourth-order valence-corrected chi connectivity index (χ4v) is 2.68. The molecule has 0 unspecified atom stereocenters. The van der Waals surface area contributed by atoms with E-state index in [0.29, 0.717) is 17.9 Å².